The molecule has 1 aromatic rings. The highest BCUT2D eigenvalue weighted by Gasteiger charge is 2.21. The summed E-state index contributed by atoms with van der Waals surface area (Å²) in [7, 11) is 0. The van der Waals surface area contributed by atoms with Gasteiger partial charge in [-0.1, -0.05) is 0 Å². The van der Waals surface area contributed by atoms with Gasteiger partial charge in [0, 0.05) is 25.7 Å². The number of nitrogens with zero attached hydrogens (tertiary/aromatic N) is 3. The predicted molar refractivity (Wildman–Crippen MR) is 89.0 cm³/mol. The molecule has 0 spiro atoms. The molecule has 22 heavy (non-hydrogen) atoms. The molecule has 0 aromatic carbocycles. The van der Waals surface area contributed by atoms with Gasteiger partial charge in [0.15, 0.2) is 0 Å². The quantitative estimate of drug-likeness (QED) is 0.878. The fourth-order valence-electron chi connectivity index (χ4n) is 3.25. The Balaban J connectivity index is 1.79. The number of carbonyl (C=O) groups excluding carboxylic acids is 1. The number of likely N-dealkylation sites (tertiary alicyclic amines) is 1. The van der Waals surface area contributed by atoms with Gasteiger partial charge in [0.2, 0.25) is 0 Å². The van der Waals surface area contributed by atoms with E-state index in [4.69, 9.17) is 0 Å². The number of aryl methyl sites for hydroxylation is 2. The van der Waals surface area contributed by atoms with E-state index in [2.05, 4.69) is 29.2 Å². The number of aromatic nitrogens is 2. The molecule has 1 atom stereocenters. The van der Waals surface area contributed by atoms with Crippen LogP contribution in [-0.4, -0.2) is 46.3 Å². The van der Waals surface area contributed by atoms with Gasteiger partial charge in [-0.25, -0.2) is 0 Å². The highest BCUT2D eigenvalue weighted by atomic mass is 16.2. The molecule has 124 valence electrons. The van der Waals surface area contributed by atoms with Crippen molar-refractivity contribution in [3.8, 4) is 0 Å². The monoisotopic (exact) mass is 306 g/mol. The predicted octanol–water partition coefficient (Wildman–Crippen LogP) is 2.45. The van der Waals surface area contributed by atoms with E-state index in [9.17, 15) is 4.79 Å². The first-order chi connectivity index (χ1) is 10.5. The summed E-state index contributed by atoms with van der Waals surface area (Å²) >= 11 is 0. The molecule has 1 amide bonds. The maximum absolute atomic E-state index is 12.3. The van der Waals surface area contributed by atoms with E-state index in [0.717, 1.165) is 25.2 Å². The Morgan fingerprint density at radius 1 is 1.50 bits per heavy atom. The number of amides is 1. The Hall–Kier alpha value is -1.36. The van der Waals surface area contributed by atoms with Crippen LogP contribution in [0, 0.1) is 12.8 Å². The van der Waals surface area contributed by atoms with Crippen LogP contribution < -0.4 is 5.32 Å². The number of piperidine rings is 1. The Bertz CT molecular complexity index is 495. The summed E-state index contributed by atoms with van der Waals surface area (Å²) in [5.74, 6) is 0.702. The van der Waals surface area contributed by atoms with Crippen LogP contribution in [0.2, 0.25) is 0 Å². The van der Waals surface area contributed by atoms with Crippen molar-refractivity contribution in [3.05, 3.63) is 17.5 Å². The zero-order chi connectivity index (χ0) is 16.1. The summed E-state index contributed by atoms with van der Waals surface area (Å²) in [5, 5.41) is 7.39. The van der Waals surface area contributed by atoms with Crippen LogP contribution in [0.4, 0.5) is 0 Å². The van der Waals surface area contributed by atoms with Gasteiger partial charge in [-0.2, -0.15) is 5.10 Å². The number of nitrogens with one attached hydrogen (secondary N) is 1. The number of hydrogen-bond acceptors (Lipinski definition) is 3. The minimum Gasteiger partial charge on any atom is -0.351 e. The lowest BCUT2D eigenvalue weighted by molar-refractivity contribution is 0.0932. The molecule has 5 nitrogen and oxygen atoms in total. The second kappa shape index (κ2) is 7.77. The van der Waals surface area contributed by atoms with Gasteiger partial charge in [-0.05, 0) is 65.5 Å². The SMILES string of the molecule is CCn1nc(C)cc1C(=O)NCCC1CCCN(C(C)C)C1. The minimum absolute atomic E-state index is 0.000949. The van der Waals surface area contributed by atoms with Crippen molar-refractivity contribution < 1.29 is 4.79 Å². The van der Waals surface area contributed by atoms with Crippen molar-refractivity contribution in [2.24, 2.45) is 5.92 Å². The molecule has 0 aliphatic carbocycles. The van der Waals surface area contributed by atoms with E-state index < -0.39 is 0 Å². The summed E-state index contributed by atoms with van der Waals surface area (Å²) in [4.78, 5) is 14.8. The maximum atomic E-state index is 12.3. The standard InChI is InChI=1S/C17H30N4O/c1-5-21-16(11-14(4)19-21)17(22)18-9-8-15-7-6-10-20(12-15)13(2)3/h11,13,15H,5-10,12H2,1-4H3,(H,18,22). The molecule has 0 bridgehead atoms. The molecule has 1 aromatic heterocycles. The van der Waals surface area contributed by atoms with Gasteiger partial charge in [-0.15, -0.1) is 0 Å². The normalized spacial score (nSPS) is 19.6. The first-order valence-electron chi connectivity index (χ1n) is 8.58. The molecule has 0 saturated carbocycles. The largest absolute Gasteiger partial charge is 0.351 e. The molecule has 5 heteroatoms. The van der Waals surface area contributed by atoms with Crippen molar-refractivity contribution in [1.82, 2.24) is 20.0 Å². The lowest BCUT2D eigenvalue weighted by Gasteiger charge is -2.35. The Morgan fingerprint density at radius 3 is 2.95 bits per heavy atom. The summed E-state index contributed by atoms with van der Waals surface area (Å²) in [6.07, 6.45) is 3.62. The highest BCUT2D eigenvalue weighted by molar-refractivity contribution is 5.92. The molecule has 1 fully saturated rings. The third-order valence-electron chi connectivity index (χ3n) is 4.55. The molecule has 0 radical (unpaired) electrons. The third-order valence-corrected chi connectivity index (χ3v) is 4.55. The lowest BCUT2D eigenvalue weighted by Crippen LogP contribution is -2.41. The van der Waals surface area contributed by atoms with Crippen LogP contribution in [0.25, 0.3) is 0 Å². The van der Waals surface area contributed by atoms with Crippen molar-refractivity contribution >= 4 is 5.91 Å². The van der Waals surface area contributed by atoms with E-state index in [-0.39, 0.29) is 5.91 Å². The number of hydrogen-bond donors (Lipinski definition) is 1. The molecular weight excluding hydrogens is 276 g/mol. The van der Waals surface area contributed by atoms with Crippen LogP contribution in [0.5, 0.6) is 0 Å². The topological polar surface area (TPSA) is 50.2 Å². The van der Waals surface area contributed by atoms with Crippen LogP contribution in [0.1, 0.15) is 56.2 Å². The van der Waals surface area contributed by atoms with Crippen LogP contribution >= 0.6 is 0 Å². The van der Waals surface area contributed by atoms with Gasteiger partial charge >= 0.3 is 0 Å². The van der Waals surface area contributed by atoms with Crippen LogP contribution in [-0.2, 0) is 6.54 Å². The average Bonchev–Trinajstić information content (AvgIpc) is 2.88. The van der Waals surface area contributed by atoms with Gasteiger partial charge in [0.25, 0.3) is 5.91 Å². The summed E-state index contributed by atoms with van der Waals surface area (Å²) in [6, 6.07) is 2.49. The van der Waals surface area contributed by atoms with Crippen molar-refractivity contribution in [2.45, 2.75) is 59.5 Å². The Kier molecular flexibility index (Phi) is 6.00. The van der Waals surface area contributed by atoms with E-state index in [1.807, 2.05) is 19.9 Å². The van der Waals surface area contributed by atoms with Crippen molar-refractivity contribution in [1.29, 1.82) is 0 Å². The first-order valence-corrected chi connectivity index (χ1v) is 8.58. The molecular formula is C17H30N4O. The van der Waals surface area contributed by atoms with E-state index in [1.165, 1.54) is 25.9 Å². The molecule has 1 aliphatic rings. The fraction of sp³-hybridized carbons (Fsp3) is 0.765. The third kappa shape index (κ3) is 4.32. The number of rotatable bonds is 6. The van der Waals surface area contributed by atoms with Gasteiger partial charge in [0.05, 0.1) is 5.69 Å². The number of carbonyl (C=O) groups is 1. The Morgan fingerprint density at radius 2 is 2.27 bits per heavy atom. The van der Waals surface area contributed by atoms with Crippen LogP contribution in [0.15, 0.2) is 6.07 Å². The van der Waals surface area contributed by atoms with Gasteiger partial charge in [0.1, 0.15) is 5.69 Å². The van der Waals surface area contributed by atoms with Gasteiger partial charge in [-0.3, -0.25) is 9.48 Å². The molecule has 2 rings (SSSR count). The lowest BCUT2D eigenvalue weighted by atomic mass is 9.94. The second-order valence-corrected chi connectivity index (χ2v) is 6.63. The fourth-order valence-corrected chi connectivity index (χ4v) is 3.25. The van der Waals surface area contributed by atoms with E-state index >= 15 is 0 Å². The minimum atomic E-state index is -0.000949. The van der Waals surface area contributed by atoms with E-state index in [1.54, 1.807) is 4.68 Å². The molecule has 2 heterocycles. The summed E-state index contributed by atoms with van der Waals surface area (Å²) in [5.41, 5.74) is 1.57. The van der Waals surface area contributed by atoms with Crippen molar-refractivity contribution in [3.63, 3.8) is 0 Å². The highest BCUT2D eigenvalue weighted by Crippen LogP contribution is 2.20. The molecule has 1 unspecified atom stereocenters. The summed E-state index contributed by atoms with van der Waals surface area (Å²) < 4.78 is 1.77. The molecule has 1 saturated heterocycles. The van der Waals surface area contributed by atoms with E-state index in [0.29, 0.717) is 17.7 Å². The zero-order valence-corrected chi connectivity index (χ0v) is 14.4. The zero-order valence-electron chi connectivity index (χ0n) is 14.4. The van der Waals surface area contributed by atoms with Crippen LogP contribution in [0.3, 0.4) is 0 Å². The van der Waals surface area contributed by atoms with Crippen molar-refractivity contribution in [2.75, 3.05) is 19.6 Å². The summed E-state index contributed by atoms with van der Waals surface area (Å²) in [6.45, 7) is 12.3. The average molecular weight is 306 g/mol. The smallest absolute Gasteiger partial charge is 0.269 e. The Labute approximate surface area is 134 Å². The first kappa shape index (κ1) is 17.0. The second-order valence-electron chi connectivity index (χ2n) is 6.63. The molecule has 1 N–H and O–H groups in total. The van der Waals surface area contributed by atoms with Gasteiger partial charge < -0.3 is 10.2 Å². The maximum Gasteiger partial charge on any atom is 0.269 e. The molecule has 1 aliphatic heterocycles.